The zero-order chi connectivity index (χ0) is 13.5. The first-order valence-electron chi connectivity index (χ1n) is 5.23. The van der Waals surface area contributed by atoms with E-state index >= 15 is 0 Å². The van der Waals surface area contributed by atoms with E-state index in [1.54, 1.807) is 6.07 Å². The molecule has 0 unspecified atom stereocenters. The SMILES string of the molecule is COc1ncccc1C(=O)N[C@H](CCO)C(=O)O. The zero-order valence-electron chi connectivity index (χ0n) is 9.79. The second-order valence-electron chi connectivity index (χ2n) is 3.44. The summed E-state index contributed by atoms with van der Waals surface area (Å²) >= 11 is 0. The third-order valence-electron chi connectivity index (χ3n) is 2.23. The van der Waals surface area contributed by atoms with Gasteiger partial charge in [-0.25, -0.2) is 9.78 Å². The average molecular weight is 254 g/mol. The summed E-state index contributed by atoms with van der Waals surface area (Å²) in [5, 5.41) is 19.9. The Hall–Kier alpha value is -2.15. The smallest absolute Gasteiger partial charge is 0.326 e. The summed E-state index contributed by atoms with van der Waals surface area (Å²) in [7, 11) is 1.36. The number of aliphatic hydroxyl groups is 1. The van der Waals surface area contributed by atoms with Crippen LogP contribution in [-0.4, -0.2) is 46.8 Å². The van der Waals surface area contributed by atoms with Crippen molar-refractivity contribution in [1.29, 1.82) is 0 Å². The standard InChI is InChI=1S/C11H14N2O5/c1-18-10-7(3-2-5-12-10)9(15)13-8(4-6-14)11(16)17/h2-3,5,8,14H,4,6H2,1H3,(H,13,15)(H,16,17)/t8-/m1/s1. The van der Waals surface area contributed by atoms with Gasteiger partial charge in [0.2, 0.25) is 5.88 Å². The van der Waals surface area contributed by atoms with Crippen LogP contribution in [-0.2, 0) is 4.79 Å². The second kappa shape index (κ2) is 6.55. The molecular weight excluding hydrogens is 240 g/mol. The van der Waals surface area contributed by atoms with Crippen molar-refractivity contribution in [3.63, 3.8) is 0 Å². The lowest BCUT2D eigenvalue weighted by atomic mass is 10.2. The molecule has 18 heavy (non-hydrogen) atoms. The number of carbonyl (C=O) groups is 2. The van der Waals surface area contributed by atoms with Gasteiger partial charge in [0.15, 0.2) is 0 Å². The van der Waals surface area contributed by atoms with Crippen molar-refractivity contribution in [1.82, 2.24) is 10.3 Å². The number of carboxylic acid groups (broad SMARTS) is 1. The summed E-state index contributed by atoms with van der Waals surface area (Å²) in [4.78, 5) is 26.5. The molecule has 0 fully saturated rings. The van der Waals surface area contributed by atoms with Crippen molar-refractivity contribution < 1.29 is 24.5 Å². The van der Waals surface area contributed by atoms with Crippen LogP contribution in [0.4, 0.5) is 0 Å². The number of carbonyl (C=O) groups excluding carboxylic acids is 1. The highest BCUT2D eigenvalue weighted by Crippen LogP contribution is 2.13. The Balaban J connectivity index is 2.83. The summed E-state index contributed by atoms with van der Waals surface area (Å²) in [6.07, 6.45) is 1.39. The molecule has 7 heteroatoms. The lowest BCUT2D eigenvalue weighted by molar-refractivity contribution is -0.139. The van der Waals surface area contributed by atoms with E-state index in [1.807, 2.05) is 0 Å². The molecule has 1 heterocycles. The minimum Gasteiger partial charge on any atom is -0.480 e. The van der Waals surface area contributed by atoms with Crippen LogP contribution in [0.25, 0.3) is 0 Å². The molecule has 98 valence electrons. The number of ether oxygens (including phenoxy) is 1. The lowest BCUT2D eigenvalue weighted by Crippen LogP contribution is -2.41. The van der Waals surface area contributed by atoms with Gasteiger partial charge in [0.25, 0.3) is 5.91 Å². The molecule has 0 aliphatic rings. The van der Waals surface area contributed by atoms with Gasteiger partial charge in [0.05, 0.1) is 7.11 Å². The quantitative estimate of drug-likeness (QED) is 0.640. The van der Waals surface area contributed by atoms with E-state index in [0.29, 0.717) is 0 Å². The second-order valence-corrected chi connectivity index (χ2v) is 3.44. The molecule has 0 saturated carbocycles. The van der Waals surface area contributed by atoms with E-state index in [0.717, 1.165) is 0 Å². The van der Waals surface area contributed by atoms with Gasteiger partial charge in [0, 0.05) is 19.2 Å². The summed E-state index contributed by atoms with van der Waals surface area (Å²) < 4.78 is 4.90. The number of aliphatic hydroxyl groups excluding tert-OH is 1. The molecular formula is C11H14N2O5. The summed E-state index contributed by atoms with van der Waals surface area (Å²) in [6.45, 7) is -0.332. The van der Waals surface area contributed by atoms with Crippen LogP contribution in [0.3, 0.4) is 0 Å². The first-order valence-corrected chi connectivity index (χ1v) is 5.23. The fraction of sp³-hybridized carbons (Fsp3) is 0.364. The fourth-order valence-corrected chi connectivity index (χ4v) is 1.35. The normalized spacial score (nSPS) is 11.7. The Morgan fingerprint density at radius 1 is 1.56 bits per heavy atom. The maximum atomic E-state index is 11.8. The van der Waals surface area contributed by atoms with Gasteiger partial charge >= 0.3 is 5.97 Å². The number of hydrogen-bond donors (Lipinski definition) is 3. The first-order chi connectivity index (χ1) is 8.60. The van der Waals surface area contributed by atoms with Gasteiger partial charge < -0.3 is 20.3 Å². The highest BCUT2D eigenvalue weighted by atomic mass is 16.5. The van der Waals surface area contributed by atoms with E-state index in [2.05, 4.69) is 10.3 Å². The highest BCUT2D eigenvalue weighted by molar-refractivity contribution is 5.98. The van der Waals surface area contributed by atoms with Gasteiger partial charge in [-0.05, 0) is 12.1 Å². The van der Waals surface area contributed by atoms with Crippen LogP contribution >= 0.6 is 0 Å². The number of pyridine rings is 1. The summed E-state index contributed by atoms with van der Waals surface area (Å²) in [5.74, 6) is -1.70. The molecule has 1 rings (SSSR count). The van der Waals surface area contributed by atoms with E-state index in [-0.39, 0.29) is 24.5 Å². The van der Waals surface area contributed by atoms with Crippen LogP contribution in [0.15, 0.2) is 18.3 Å². The minimum absolute atomic E-state index is 0.0658. The number of aliphatic carboxylic acids is 1. The Morgan fingerprint density at radius 2 is 2.28 bits per heavy atom. The Labute approximate surface area is 103 Å². The van der Waals surface area contributed by atoms with Gasteiger partial charge in [-0.2, -0.15) is 0 Å². The molecule has 7 nitrogen and oxygen atoms in total. The molecule has 1 atom stereocenters. The van der Waals surface area contributed by atoms with Gasteiger partial charge in [-0.1, -0.05) is 0 Å². The zero-order valence-corrected chi connectivity index (χ0v) is 9.79. The van der Waals surface area contributed by atoms with Gasteiger partial charge in [-0.3, -0.25) is 4.79 Å². The summed E-state index contributed by atoms with van der Waals surface area (Å²) in [6, 6.07) is 1.87. The first kappa shape index (κ1) is 13.9. The van der Waals surface area contributed by atoms with Crippen LogP contribution in [0.2, 0.25) is 0 Å². The number of methoxy groups -OCH3 is 1. The molecule has 0 spiro atoms. The van der Waals surface area contributed by atoms with Crippen molar-refractivity contribution >= 4 is 11.9 Å². The highest BCUT2D eigenvalue weighted by Gasteiger charge is 2.22. The van der Waals surface area contributed by atoms with Crippen molar-refractivity contribution in [2.24, 2.45) is 0 Å². The van der Waals surface area contributed by atoms with Gasteiger partial charge in [-0.15, -0.1) is 0 Å². The number of nitrogens with zero attached hydrogens (tertiary/aromatic N) is 1. The van der Waals surface area contributed by atoms with E-state index in [4.69, 9.17) is 14.9 Å². The van der Waals surface area contributed by atoms with Crippen molar-refractivity contribution in [2.45, 2.75) is 12.5 Å². The largest absolute Gasteiger partial charge is 0.480 e. The monoisotopic (exact) mass is 254 g/mol. The van der Waals surface area contributed by atoms with Crippen molar-refractivity contribution in [2.75, 3.05) is 13.7 Å². The lowest BCUT2D eigenvalue weighted by Gasteiger charge is -2.14. The maximum absolute atomic E-state index is 11.8. The predicted molar refractivity (Wildman–Crippen MR) is 61.4 cm³/mol. The average Bonchev–Trinajstić information content (AvgIpc) is 2.37. The van der Waals surface area contributed by atoms with Crippen LogP contribution < -0.4 is 10.1 Å². The molecule has 1 aromatic rings. The van der Waals surface area contributed by atoms with Crippen LogP contribution in [0.5, 0.6) is 5.88 Å². The molecule has 0 bridgehead atoms. The number of rotatable bonds is 6. The Kier molecular flexibility index (Phi) is 5.06. The number of aromatic nitrogens is 1. The molecule has 3 N–H and O–H groups in total. The molecule has 0 aliphatic carbocycles. The van der Waals surface area contributed by atoms with E-state index in [9.17, 15) is 9.59 Å². The Morgan fingerprint density at radius 3 is 2.83 bits per heavy atom. The number of hydrogen-bond acceptors (Lipinski definition) is 5. The molecule has 0 radical (unpaired) electrons. The van der Waals surface area contributed by atoms with Crippen LogP contribution in [0.1, 0.15) is 16.8 Å². The number of amides is 1. The molecule has 1 aromatic heterocycles. The van der Waals surface area contributed by atoms with Gasteiger partial charge in [0.1, 0.15) is 11.6 Å². The van der Waals surface area contributed by atoms with E-state index in [1.165, 1.54) is 19.4 Å². The fourth-order valence-electron chi connectivity index (χ4n) is 1.35. The summed E-state index contributed by atoms with van der Waals surface area (Å²) in [5.41, 5.74) is 0.143. The number of nitrogens with one attached hydrogen (secondary N) is 1. The molecule has 0 saturated heterocycles. The predicted octanol–water partition coefficient (Wildman–Crippen LogP) is -0.344. The molecule has 0 aliphatic heterocycles. The molecule has 1 amide bonds. The number of carboxylic acids is 1. The van der Waals surface area contributed by atoms with Crippen molar-refractivity contribution in [3.05, 3.63) is 23.9 Å². The third-order valence-corrected chi connectivity index (χ3v) is 2.23. The van der Waals surface area contributed by atoms with Crippen molar-refractivity contribution in [3.8, 4) is 5.88 Å². The molecule has 0 aromatic carbocycles. The third kappa shape index (κ3) is 3.42. The topological polar surface area (TPSA) is 109 Å². The maximum Gasteiger partial charge on any atom is 0.326 e. The van der Waals surface area contributed by atoms with Crippen LogP contribution in [0, 0.1) is 0 Å². The Bertz CT molecular complexity index is 435. The minimum atomic E-state index is -1.21. The van der Waals surface area contributed by atoms with E-state index < -0.39 is 17.9 Å².